The molecule has 18 heavy (non-hydrogen) atoms. The van der Waals surface area contributed by atoms with Gasteiger partial charge in [0.25, 0.3) is 0 Å². The summed E-state index contributed by atoms with van der Waals surface area (Å²) in [5.41, 5.74) is -1.16. The first-order valence-corrected chi connectivity index (χ1v) is 6.60. The Morgan fingerprint density at radius 3 is 2.44 bits per heavy atom. The molecule has 0 aromatic carbocycles. The maximum Gasteiger partial charge on any atom is 1.00 e. The van der Waals surface area contributed by atoms with Crippen molar-refractivity contribution < 1.29 is 44.3 Å². The smallest absolute Gasteiger partial charge is 0.861 e. The summed E-state index contributed by atoms with van der Waals surface area (Å²) in [6.45, 7) is 5.77. The number of carbonyl (C=O) groups excluding carboxylic acids is 2. The maximum atomic E-state index is 12.1. The molecule has 1 rings (SSSR count). The number of nitrogens with zero attached hydrogens (tertiary/aromatic N) is 2. The Morgan fingerprint density at radius 2 is 2.00 bits per heavy atom. The van der Waals surface area contributed by atoms with Crippen LogP contribution in [0.4, 0.5) is 4.79 Å². The molecule has 0 saturated heterocycles. The molecule has 1 aliphatic rings. The Kier molecular flexibility index (Phi) is 6.92. The van der Waals surface area contributed by atoms with Crippen LogP contribution in [0.5, 0.6) is 0 Å². The van der Waals surface area contributed by atoms with Crippen LogP contribution in [0, 0.1) is 5.41 Å². The minimum atomic E-state index is -1.16. The number of amides is 3. The van der Waals surface area contributed by atoms with Gasteiger partial charge in [-0.2, -0.15) is 11.8 Å². The first kappa shape index (κ1) is 18.0. The van der Waals surface area contributed by atoms with E-state index in [1.807, 2.05) is 13.8 Å². The average Bonchev–Trinajstić information content (AvgIpc) is 2.27. The fourth-order valence-corrected chi connectivity index (χ4v) is 2.67. The van der Waals surface area contributed by atoms with Crippen molar-refractivity contribution in [2.75, 3.05) is 12.8 Å². The van der Waals surface area contributed by atoms with Crippen molar-refractivity contribution in [3.05, 3.63) is 0 Å². The van der Waals surface area contributed by atoms with Gasteiger partial charge in [0.2, 0.25) is 5.91 Å². The molecule has 0 radical (unpaired) electrons. The molecule has 1 heterocycles. The summed E-state index contributed by atoms with van der Waals surface area (Å²) in [7, 11) is 1.37. The van der Waals surface area contributed by atoms with Crippen molar-refractivity contribution in [2.45, 2.75) is 32.4 Å². The van der Waals surface area contributed by atoms with Gasteiger partial charge in [0.1, 0.15) is 0 Å². The fourth-order valence-electron chi connectivity index (χ4n) is 1.61. The fraction of sp³-hybridized carbons (Fsp3) is 0.727. The molecule has 3 amide bonds. The van der Waals surface area contributed by atoms with Gasteiger partial charge in [-0.1, -0.05) is 20.8 Å². The number of aliphatic imine (C=N–C) groups is 1. The molecular weight excluding hydrogens is 263 g/mol. The number of hydrogen-bond donors (Lipinski definition) is 0. The maximum absolute atomic E-state index is 12.1. The average molecular weight is 280 g/mol. The van der Waals surface area contributed by atoms with Crippen LogP contribution in [-0.2, 0) is 4.79 Å². The third-order valence-corrected chi connectivity index (χ3v) is 4.20. The molecule has 1 aliphatic heterocycles. The van der Waals surface area contributed by atoms with Gasteiger partial charge in [-0.05, 0) is 17.6 Å². The largest absolute Gasteiger partial charge is 1.00 e. The Bertz CT molecular complexity index is 373. The molecule has 0 aromatic heterocycles. The van der Waals surface area contributed by atoms with Gasteiger partial charge < -0.3 is 5.11 Å². The third kappa shape index (κ3) is 3.29. The van der Waals surface area contributed by atoms with Gasteiger partial charge in [0, 0.05) is 12.8 Å². The molecule has 1 unspecified atom stereocenters. The van der Waals surface area contributed by atoms with E-state index in [0.717, 1.165) is 4.90 Å². The van der Waals surface area contributed by atoms with Gasteiger partial charge in [-0.3, -0.25) is 9.69 Å². The van der Waals surface area contributed by atoms with Crippen molar-refractivity contribution in [1.29, 1.82) is 0 Å². The van der Waals surface area contributed by atoms with Gasteiger partial charge >= 0.3 is 35.6 Å². The van der Waals surface area contributed by atoms with Crippen molar-refractivity contribution in [1.82, 2.24) is 4.90 Å². The zero-order valence-corrected chi connectivity index (χ0v) is 14.3. The molecule has 0 bridgehead atoms. The molecule has 0 N–H and O–H groups in total. The second kappa shape index (κ2) is 6.93. The van der Waals surface area contributed by atoms with E-state index in [1.54, 1.807) is 6.92 Å². The second-order valence-corrected chi connectivity index (χ2v) is 5.92. The normalized spacial score (nSPS) is 24.1. The van der Waals surface area contributed by atoms with Crippen molar-refractivity contribution >= 4 is 29.6 Å². The minimum absolute atomic E-state index is 0. The molecule has 0 saturated carbocycles. The molecule has 7 heteroatoms. The Balaban J connectivity index is 0.00000289. The molecule has 0 fully saturated rings. The molecule has 1 atom stereocenters. The van der Waals surface area contributed by atoms with E-state index in [4.69, 9.17) is 0 Å². The van der Waals surface area contributed by atoms with E-state index in [2.05, 4.69) is 4.99 Å². The standard InChI is InChI=1S/C11H18N2O3S.Na/c1-5-11(6-17-7(2)3)8(14)12-10(16)13(4)9(11)15;/h7H,5-6H2,1-4H3,(H,12,14,16);/q;+1/p-1. The Labute approximate surface area is 134 Å². The Hall–Kier alpha value is -0.0400. The minimum Gasteiger partial charge on any atom is -0.861 e. The number of thioether (sulfide) groups is 1. The number of imide groups is 1. The summed E-state index contributed by atoms with van der Waals surface area (Å²) in [6.07, 6.45) is 0.367. The van der Waals surface area contributed by atoms with Gasteiger partial charge in [-0.15, -0.1) is 0 Å². The third-order valence-electron chi connectivity index (χ3n) is 2.87. The zero-order valence-electron chi connectivity index (χ0n) is 11.5. The van der Waals surface area contributed by atoms with Crippen LogP contribution < -0.4 is 34.7 Å². The van der Waals surface area contributed by atoms with Crippen LogP contribution in [0.25, 0.3) is 0 Å². The first-order valence-electron chi connectivity index (χ1n) is 5.55. The molecule has 0 aliphatic carbocycles. The van der Waals surface area contributed by atoms with Crippen LogP contribution in [-0.4, -0.2) is 40.8 Å². The number of rotatable bonds is 4. The summed E-state index contributed by atoms with van der Waals surface area (Å²) in [6, 6.07) is -0.765. The van der Waals surface area contributed by atoms with Crippen LogP contribution in [0.15, 0.2) is 4.99 Å². The summed E-state index contributed by atoms with van der Waals surface area (Å²) in [4.78, 5) is 27.8. The Morgan fingerprint density at radius 1 is 1.44 bits per heavy atom. The van der Waals surface area contributed by atoms with E-state index in [1.165, 1.54) is 18.8 Å². The second-order valence-electron chi connectivity index (χ2n) is 4.36. The van der Waals surface area contributed by atoms with Crippen LogP contribution in [0.1, 0.15) is 27.2 Å². The summed E-state index contributed by atoms with van der Waals surface area (Å²) in [5, 5.41) is 12.2. The van der Waals surface area contributed by atoms with Gasteiger partial charge in [0.05, 0.1) is 5.41 Å². The number of urea groups is 1. The van der Waals surface area contributed by atoms with Gasteiger partial charge in [0.15, 0.2) is 0 Å². The summed E-state index contributed by atoms with van der Waals surface area (Å²) < 4.78 is 0. The monoisotopic (exact) mass is 280 g/mol. The quantitative estimate of drug-likeness (QED) is 0.552. The van der Waals surface area contributed by atoms with Gasteiger partial charge in [-0.25, -0.2) is 9.79 Å². The summed E-state index contributed by atoms with van der Waals surface area (Å²) >= 11 is 1.53. The van der Waals surface area contributed by atoms with E-state index in [-0.39, 0.29) is 29.6 Å². The predicted molar refractivity (Wildman–Crippen MR) is 65.9 cm³/mol. The summed E-state index contributed by atoms with van der Waals surface area (Å²) in [5.74, 6) is -0.653. The molecule has 96 valence electrons. The number of hydrogen-bond acceptors (Lipinski definition) is 4. The van der Waals surface area contributed by atoms with E-state index < -0.39 is 23.3 Å². The number of carbonyl (C=O) groups is 2. The van der Waals surface area contributed by atoms with E-state index in [9.17, 15) is 14.7 Å². The van der Waals surface area contributed by atoms with Crippen LogP contribution in [0.2, 0.25) is 0 Å². The topological polar surface area (TPSA) is 72.8 Å². The first-order chi connectivity index (χ1) is 7.85. The molecule has 5 nitrogen and oxygen atoms in total. The van der Waals surface area contributed by atoms with E-state index in [0.29, 0.717) is 17.4 Å². The van der Waals surface area contributed by atoms with E-state index >= 15 is 0 Å². The van der Waals surface area contributed by atoms with Crippen LogP contribution in [0.3, 0.4) is 0 Å². The molecule has 0 spiro atoms. The predicted octanol–water partition coefficient (Wildman–Crippen LogP) is -2.12. The van der Waals surface area contributed by atoms with Crippen molar-refractivity contribution in [3.63, 3.8) is 0 Å². The molecular formula is C11H17N2NaO3S. The van der Waals surface area contributed by atoms with Crippen LogP contribution >= 0.6 is 11.8 Å². The SMILES string of the molecule is CCC1(CSC(C)C)C(=O)N(C)C(=O)N=C1[O-].[Na+]. The van der Waals surface area contributed by atoms with Crippen molar-refractivity contribution in [3.8, 4) is 0 Å². The van der Waals surface area contributed by atoms with Crippen molar-refractivity contribution in [2.24, 2.45) is 10.4 Å². The molecule has 0 aromatic rings. The zero-order chi connectivity index (χ0) is 13.2.